The van der Waals surface area contributed by atoms with Crippen molar-refractivity contribution < 1.29 is 14.4 Å². The Morgan fingerprint density at radius 1 is 1.06 bits per heavy atom. The van der Waals surface area contributed by atoms with Crippen molar-refractivity contribution in [3.63, 3.8) is 0 Å². The van der Waals surface area contributed by atoms with Gasteiger partial charge in [0.05, 0.1) is 21.1 Å². The molecule has 5 rings (SSSR count). The Bertz CT molecular complexity index is 1290. The predicted octanol–water partition coefficient (Wildman–Crippen LogP) is 4.21. The third-order valence-corrected chi connectivity index (χ3v) is 7.05. The summed E-state index contributed by atoms with van der Waals surface area (Å²) in [7, 11) is 0. The number of nitrogens with zero attached hydrogens (tertiary/aromatic N) is 3. The highest BCUT2D eigenvalue weighted by atomic mass is 35.5. The molecule has 182 valence electrons. The molecule has 0 bridgehead atoms. The number of anilines is 1. The number of carbonyl (C=O) groups excluding carboxylic acids is 3. The number of amides is 2. The molecule has 2 fully saturated rings. The van der Waals surface area contributed by atoms with E-state index >= 15 is 0 Å². The van der Waals surface area contributed by atoms with Crippen LogP contribution in [0.4, 0.5) is 5.82 Å². The van der Waals surface area contributed by atoms with Crippen LogP contribution in [0, 0.1) is 5.92 Å². The van der Waals surface area contributed by atoms with Crippen LogP contribution in [0.25, 0.3) is 10.9 Å². The maximum absolute atomic E-state index is 13.4. The smallest absolute Gasteiger partial charge is 0.265 e. The van der Waals surface area contributed by atoms with Gasteiger partial charge in [-0.2, -0.15) is 0 Å². The van der Waals surface area contributed by atoms with Gasteiger partial charge in [0.1, 0.15) is 5.82 Å². The van der Waals surface area contributed by atoms with Crippen LogP contribution in [-0.2, 0) is 4.79 Å². The van der Waals surface area contributed by atoms with Crippen LogP contribution in [-0.4, -0.2) is 58.4 Å². The van der Waals surface area contributed by atoms with Crippen LogP contribution in [0.5, 0.6) is 0 Å². The highest BCUT2D eigenvalue weighted by Crippen LogP contribution is 2.32. The molecule has 1 saturated heterocycles. The summed E-state index contributed by atoms with van der Waals surface area (Å²) in [5, 5.41) is 6.54. The molecule has 0 radical (unpaired) electrons. The quantitative estimate of drug-likeness (QED) is 0.493. The van der Waals surface area contributed by atoms with E-state index in [0.29, 0.717) is 28.8 Å². The van der Waals surface area contributed by atoms with Crippen LogP contribution in [0.15, 0.2) is 36.7 Å². The highest BCUT2D eigenvalue weighted by Gasteiger charge is 2.30. The molecule has 0 spiro atoms. The number of pyridine rings is 1. The lowest BCUT2D eigenvalue weighted by Gasteiger charge is -2.15. The number of likely N-dealkylation sites (tertiary alicyclic amines) is 1. The second-order valence-electron chi connectivity index (χ2n) is 8.97. The van der Waals surface area contributed by atoms with E-state index in [0.717, 1.165) is 32.5 Å². The first-order chi connectivity index (χ1) is 16.9. The van der Waals surface area contributed by atoms with Crippen molar-refractivity contribution in [1.29, 1.82) is 0 Å². The van der Waals surface area contributed by atoms with E-state index in [2.05, 4.69) is 20.5 Å². The minimum absolute atomic E-state index is 0.0318. The number of nitrogens with one attached hydrogen (secondary N) is 2. The summed E-state index contributed by atoms with van der Waals surface area (Å²) in [6, 6.07) is 6.32. The lowest BCUT2D eigenvalue weighted by atomic mass is 10.1. The van der Waals surface area contributed by atoms with Crippen LogP contribution in [0.3, 0.4) is 0 Å². The zero-order chi connectivity index (χ0) is 24.5. The SMILES string of the molecule is O=C(NCCN1CCCC1)c1cc(Cl)c(C(=O)n2ccc3c(NC(=O)C4CC4)nccc32)c(Cl)c1. The molecule has 2 amide bonds. The first kappa shape index (κ1) is 23.8. The Morgan fingerprint density at radius 3 is 2.46 bits per heavy atom. The van der Waals surface area contributed by atoms with Gasteiger partial charge in [0, 0.05) is 42.4 Å². The molecule has 3 heterocycles. The Kier molecular flexibility index (Phi) is 6.77. The van der Waals surface area contributed by atoms with E-state index in [1.807, 2.05) is 0 Å². The first-order valence-electron chi connectivity index (χ1n) is 11.7. The van der Waals surface area contributed by atoms with Gasteiger partial charge >= 0.3 is 0 Å². The number of halogens is 2. The van der Waals surface area contributed by atoms with Gasteiger partial charge in [0.2, 0.25) is 5.91 Å². The van der Waals surface area contributed by atoms with Crippen molar-refractivity contribution in [1.82, 2.24) is 19.8 Å². The minimum atomic E-state index is -0.443. The number of rotatable bonds is 7. The standard InChI is InChI=1S/C25H25Cl2N5O3/c26-18-13-16(23(33)29-8-12-31-9-1-2-10-31)14-19(27)21(18)25(35)32-11-6-17-20(32)5-7-28-22(17)30-24(34)15-3-4-15/h5-7,11,13-15H,1-4,8-10,12H2,(H,29,33)(H,28,30,34). The van der Waals surface area contributed by atoms with Gasteiger partial charge in [-0.1, -0.05) is 23.2 Å². The normalized spacial score (nSPS) is 15.9. The topological polar surface area (TPSA) is 96.3 Å². The summed E-state index contributed by atoms with van der Waals surface area (Å²) in [6.45, 7) is 3.44. The van der Waals surface area contributed by atoms with Crippen LogP contribution in [0.2, 0.25) is 10.0 Å². The van der Waals surface area contributed by atoms with Gasteiger partial charge in [-0.25, -0.2) is 4.98 Å². The van der Waals surface area contributed by atoms with Gasteiger partial charge in [0.15, 0.2) is 0 Å². The Hall–Kier alpha value is -2.94. The minimum Gasteiger partial charge on any atom is -0.351 e. The number of carbonyl (C=O) groups is 3. The summed E-state index contributed by atoms with van der Waals surface area (Å²) in [6.07, 6.45) is 7.27. The zero-order valence-electron chi connectivity index (χ0n) is 19.0. The molecule has 0 unspecified atom stereocenters. The zero-order valence-corrected chi connectivity index (χ0v) is 20.5. The van der Waals surface area contributed by atoms with Crippen molar-refractivity contribution in [2.24, 2.45) is 5.92 Å². The van der Waals surface area contributed by atoms with E-state index in [-0.39, 0.29) is 33.3 Å². The fraction of sp³-hybridized carbons (Fsp3) is 0.360. The van der Waals surface area contributed by atoms with Crippen LogP contribution < -0.4 is 10.6 Å². The predicted molar refractivity (Wildman–Crippen MR) is 135 cm³/mol. The van der Waals surface area contributed by atoms with E-state index in [1.54, 1.807) is 18.3 Å². The van der Waals surface area contributed by atoms with Crippen molar-refractivity contribution >= 4 is 57.6 Å². The van der Waals surface area contributed by atoms with E-state index < -0.39 is 5.91 Å². The van der Waals surface area contributed by atoms with E-state index in [1.165, 1.54) is 35.7 Å². The molecule has 1 saturated carbocycles. The van der Waals surface area contributed by atoms with E-state index in [9.17, 15) is 14.4 Å². The van der Waals surface area contributed by atoms with Gasteiger partial charge in [-0.3, -0.25) is 19.0 Å². The molecule has 2 aromatic heterocycles. The Morgan fingerprint density at radius 2 is 1.77 bits per heavy atom. The largest absolute Gasteiger partial charge is 0.351 e. The van der Waals surface area contributed by atoms with Gasteiger partial charge < -0.3 is 15.5 Å². The molecule has 10 heteroatoms. The Balaban J connectivity index is 1.34. The summed E-state index contributed by atoms with van der Waals surface area (Å²) in [4.78, 5) is 44.8. The highest BCUT2D eigenvalue weighted by molar-refractivity contribution is 6.40. The molecule has 35 heavy (non-hydrogen) atoms. The molecule has 2 N–H and O–H groups in total. The molecule has 3 aromatic rings. The number of hydrogen-bond donors (Lipinski definition) is 2. The third kappa shape index (κ3) is 5.05. The first-order valence-corrected chi connectivity index (χ1v) is 12.5. The second kappa shape index (κ2) is 9.97. The van der Waals surface area contributed by atoms with Gasteiger partial charge in [-0.15, -0.1) is 0 Å². The van der Waals surface area contributed by atoms with Gasteiger partial charge in [-0.05, 0) is 63.0 Å². The third-order valence-electron chi connectivity index (χ3n) is 6.46. The molecule has 1 aliphatic carbocycles. The molecule has 0 atom stereocenters. The fourth-order valence-corrected chi connectivity index (χ4v) is 5.02. The van der Waals surface area contributed by atoms with Crippen molar-refractivity contribution in [2.75, 3.05) is 31.5 Å². The average molecular weight is 514 g/mol. The summed E-state index contributed by atoms with van der Waals surface area (Å²) in [5.41, 5.74) is 0.955. The maximum Gasteiger partial charge on any atom is 0.265 e. The monoisotopic (exact) mass is 513 g/mol. The second-order valence-corrected chi connectivity index (χ2v) is 9.78. The lowest BCUT2D eigenvalue weighted by molar-refractivity contribution is -0.117. The molecule has 1 aliphatic heterocycles. The number of benzene rings is 1. The van der Waals surface area contributed by atoms with Crippen LogP contribution >= 0.6 is 23.2 Å². The maximum atomic E-state index is 13.4. The van der Waals surface area contributed by atoms with Crippen molar-refractivity contribution in [3.8, 4) is 0 Å². The number of fused-ring (bicyclic) bond motifs is 1. The number of hydrogen-bond acceptors (Lipinski definition) is 5. The fourth-order valence-electron chi connectivity index (χ4n) is 4.37. The van der Waals surface area contributed by atoms with E-state index in [4.69, 9.17) is 23.2 Å². The lowest BCUT2D eigenvalue weighted by Crippen LogP contribution is -2.33. The van der Waals surface area contributed by atoms with Crippen molar-refractivity contribution in [3.05, 3.63) is 57.8 Å². The van der Waals surface area contributed by atoms with Gasteiger partial charge in [0.25, 0.3) is 11.8 Å². The average Bonchev–Trinajstić information content (AvgIpc) is 3.38. The van der Waals surface area contributed by atoms with Crippen LogP contribution in [0.1, 0.15) is 46.4 Å². The Labute approximate surface area is 212 Å². The van der Waals surface area contributed by atoms with Crippen molar-refractivity contribution in [2.45, 2.75) is 25.7 Å². The summed E-state index contributed by atoms with van der Waals surface area (Å²) >= 11 is 12.9. The number of aromatic nitrogens is 2. The molecule has 1 aromatic carbocycles. The summed E-state index contributed by atoms with van der Waals surface area (Å²) < 4.78 is 1.41. The molecule has 2 aliphatic rings. The summed E-state index contributed by atoms with van der Waals surface area (Å²) in [5.74, 6) is -0.361. The molecular weight excluding hydrogens is 489 g/mol. The molecular formula is C25H25Cl2N5O3. The molecule has 8 nitrogen and oxygen atoms in total.